The molecule has 0 aromatic heterocycles. The SMILES string of the molecule is O=C1CC[C@H](c2ccc(Cl)c(Cl)c2)[C@H]2CCCCN12. The van der Waals surface area contributed by atoms with E-state index in [-0.39, 0.29) is 0 Å². The topological polar surface area (TPSA) is 20.3 Å². The molecule has 2 aliphatic rings. The summed E-state index contributed by atoms with van der Waals surface area (Å²) in [6.45, 7) is 0.918. The third kappa shape index (κ3) is 2.48. The van der Waals surface area contributed by atoms with Crippen LogP contribution in [-0.2, 0) is 4.79 Å². The van der Waals surface area contributed by atoms with E-state index in [1.807, 2.05) is 12.1 Å². The molecule has 1 aromatic rings. The monoisotopic (exact) mass is 297 g/mol. The second-order valence-corrected chi connectivity index (χ2v) is 6.28. The second-order valence-electron chi connectivity index (χ2n) is 5.47. The lowest BCUT2D eigenvalue weighted by Crippen LogP contribution is -2.50. The number of benzene rings is 1. The first-order chi connectivity index (χ1) is 9.16. The van der Waals surface area contributed by atoms with Crippen LogP contribution in [0.5, 0.6) is 0 Å². The maximum Gasteiger partial charge on any atom is 0.222 e. The molecule has 19 heavy (non-hydrogen) atoms. The zero-order valence-corrected chi connectivity index (χ0v) is 12.3. The molecule has 0 radical (unpaired) electrons. The van der Waals surface area contributed by atoms with Crippen LogP contribution in [-0.4, -0.2) is 23.4 Å². The van der Waals surface area contributed by atoms with Crippen LogP contribution in [0.3, 0.4) is 0 Å². The normalized spacial score (nSPS) is 27.3. The number of fused-ring (bicyclic) bond motifs is 1. The zero-order chi connectivity index (χ0) is 13.4. The van der Waals surface area contributed by atoms with Crippen molar-refractivity contribution in [3.63, 3.8) is 0 Å². The van der Waals surface area contributed by atoms with E-state index in [0.29, 0.717) is 34.3 Å². The van der Waals surface area contributed by atoms with Crippen LogP contribution < -0.4 is 0 Å². The number of nitrogens with zero attached hydrogens (tertiary/aromatic N) is 1. The van der Waals surface area contributed by atoms with E-state index in [1.54, 1.807) is 0 Å². The van der Waals surface area contributed by atoms with Crippen LogP contribution in [0.2, 0.25) is 10.0 Å². The highest BCUT2D eigenvalue weighted by atomic mass is 35.5. The molecular weight excluding hydrogens is 281 g/mol. The smallest absolute Gasteiger partial charge is 0.222 e. The first kappa shape index (κ1) is 13.3. The van der Waals surface area contributed by atoms with Gasteiger partial charge in [-0.15, -0.1) is 0 Å². The molecule has 4 heteroatoms. The first-order valence-electron chi connectivity index (χ1n) is 6.91. The van der Waals surface area contributed by atoms with E-state index >= 15 is 0 Å². The van der Waals surface area contributed by atoms with Crippen molar-refractivity contribution in [2.75, 3.05) is 6.54 Å². The Hall–Kier alpha value is -0.730. The lowest BCUT2D eigenvalue weighted by Gasteiger charge is -2.44. The Balaban J connectivity index is 1.90. The van der Waals surface area contributed by atoms with Crippen molar-refractivity contribution in [1.29, 1.82) is 0 Å². The van der Waals surface area contributed by atoms with Gasteiger partial charge in [0.1, 0.15) is 0 Å². The van der Waals surface area contributed by atoms with E-state index in [1.165, 1.54) is 12.0 Å². The van der Waals surface area contributed by atoms with Gasteiger partial charge in [0.25, 0.3) is 0 Å². The molecule has 1 aromatic carbocycles. The maximum absolute atomic E-state index is 12.0. The Morgan fingerprint density at radius 3 is 2.74 bits per heavy atom. The van der Waals surface area contributed by atoms with E-state index < -0.39 is 0 Å². The Morgan fingerprint density at radius 2 is 1.95 bits per heavy atom. The van der Waals surface area contributed by atoms with E-state index in [9.17, 15) is 4.79 Å². The van der Waals surface area contributed by atoms with Gasteiger partial charge >= 0.3 is 0 Å². The highest BCUT2D eigenvalue weighted by molar-refractivity contribution is 6.42. The van der Waals surface area contributed by atoms with Crippen molar-refractivity contribution in [2.24, 2.45) is 0 Å². The van der Waals surface area contributed by atoms with Crippen LogP contribution >= 0.6 is 23.2 Å². The van der Waals surface area contributed by atoms with Gasteiger partial charge in [0.05, 0.1) is 10.0 Å². The predicted molar refractivity (Wildman–Crippen MR) is 77.8 cm³/mol. The number of hydrogen-bond donors (Lipinski definition) is 0. The second kappa shape index (κ2) is 5.34. The third-order valence-corrected chi connectivity index (χ3v) is 5.11. The molecule has 3 rings (SSSR count). The van der Waals surface area contributed by atoms with Gasteiger partial charge in [0.2, 0.25) is 5.91 Å². The van der Waals surface area contributed by atoms with Crippen molar-refractivity contribution in [3.05, 3.63) is 33.8 Å². The van der Waals surface area contributed by atoms with Crippen LogP contribution in [0.15, 0.2) is 18.2 Å². The number of carbonyl (C=O) groups excluding carboxylic acids is 1. The summed E-state index contributed by atoms with van der Waals surface area (Å²) < 4.78 is 0. The Labute approximate surface area is 123 Å². The highest BCUT2D eigenvalue weighted by Gasteiger charge is 2.37. The molecule has 0 saturated carbocycles. The van der Waals surface area contributed by atoms with Crippen molar-refractivity contribution in [2.45, 2.75) is 44.1 Å². The summed E-state index contributed by atoms with van der Waals surface area (Å²) in [5, 5.41) is 1.20. The van der Waals surface area contributed by atoms with E-state index in [0.717, 1.165) is 25.8 Å². The molecule has 2 heterocycles. The van der Waals surface area contributed by atoms with E-state index in [2.05, 4.69) is 11.0 Å². The minimum Gasteiger partial charge on any atom is -0.339 e. The lowest BCUT2D eigenvalue weighted by molar-refractivity contribution is -0.138. The maximum atomic E-state index is 12.0. The largest absolute Gasteiger partial charge is 0.339 e. The molecule has 0 aliphatic carbocycles. The number of piperidine rings is 2. The molecular formula is C15H17Cl2NO. The lowest BCUT2D eigenvalue weighted by atomic mass is 9.79. The Morgan fingerprint density at radius 1 is 1.11 bits per heavy atom. The van der Waals surface area contributed by atoms with Gasteiger partial charge in [-0.25, -0.2) is 0 Å². The quantitative estimate of drug-likeness (QED) is 0.759. The third-order valence-electron chi connectivity index (χ3n) is 4.38. The molecule has 102 valence electrons. The van der Waals surface area contributed by atoms with Crippen molar-refractivity contribution in [3.8, 4) is 0 Å². The Kier molecular flexibility index (Phi) is 3.72. The van der Waals surface area contributed by atoms with Gasteiger partial charge in [0.15, 0.2) is 0 Å². The molecule has 2 nitrogen and oxygen atoms in total. The molecule has 2 aliphatic heterocycles. The first-order valence-corrected chi connectivity index (χ1v) is 7.67. The molecule has 0 unspecified atom stereocenters. The van der Waals surface area contributed by atoms with Crippen molar-refractivity contribution >= 4 is 29.1 Å². The van der Waals surface area contributed by atoms with Crippen LogP contribution in [0.4, 0.5) is 0 Å². The minimum absolute atomic E-state index is 0.320. The molecule has 1 amide bonds. The average molecular weight is 298 g/mol. The summed E-state index contributed by atoms with van der Waals surface area (Å²) in [5.74, 6) is 0.730. The summed E-state index contributed by atoms with van der Waals surface area (Å²) in [7, 11) is 0. The van der Waals surface area contributed by atoms with Crippen molar-refractivity contribution < 1.29 is 4.79 Å². The highest BCUT2D eigenvalue weighted by Crippen LogP contribution is 2.39. The molecule has 2 fully saturated rings. The summed E-state index contributed by atoms with van der Waals surface area (Å²) in [5.41, 5.74) is 1.22. The number of carbonyl (C=O) groups is 1. The van der Waals surface area contributed by atoms with Gasteiger partial charge in [-0.05, 0) is 43.4 Å². The summed E-state index contributed by atoms with van der Waals surface area (Å²) in [6.07, 6.45) is 5.04. The molecule has 2 saturated heterocycles. The molecule has 2 atom stereocenters. The summed E-state index contributed by atoms with van der Waals surface area (Å²) >= 11 is 12.1. The van der Waals surface area contributed by atoms with Crippen molar-refractivity contribution in [1.82, 2.24) is 4.90 Å². The molecule has 0 N–H and O–H groups in total. The molecule has 0 bridgehead atoms. The standard InChI is InChI=1S/C15H17Cl2NO/c16-12-6-4-10(9-13(12)17)11-5-7-15(19)18-8-2-1-3-14(11)18/h4,6,9,11,14H,1-3,5,7-8H2/t11-,14-/m1/s1. The number of halogens is 2. The van der Waals surface area contributed by atoms with Gasteiger partial charge < -0.3 is 4.90 Å². The minimum atomic E-state index is 0.320. The average Bonchev–Trinajstić information content (AvgIpc) is 2.43. The number of amides is 1. The van der Waals surface area contributed by atoms with Gasteiger partial charge in [-0.2, -0.15) is 0 Å². The number of rotatable bonds is 1. The van der Waals surface area contributed by atoms with Crippen LogP contribution in [0, 0.1) is 0 Å². The fourth-order valence-electron chi connectivity index (χ4n) is 3.43. The van der Waals surface area contributed by atoms with Gasteiger partial charge in [-0.3, -0.25) is 4.79 Å². The summed E-state index contributed by atoms with van der Waals surface area (Å²) in [4.78, 5) is 14.1. The van der Waals surface area contributed by atoms with Crippen LogP contribution in [0.25, 0.3) is 0 Å². The fraction of sp³-hybridized carbons (Fsp3) is 0.533. The van der Waals surface area contributed by atoms with E-state index in [4.69, 9.17) is 23.2 Å². The summed E-state index contributed by atoms with van der Waals surface area (Å²) in [6, 6.07) is 6.24. The van der Waals surface area contributed by atoms with Gasteiger partial charge in [0, 0.05) is 24.9 Å². The molecule has 0 spiro atoms. The van der Waals surface area contributed by atoms with Crippen LogP contribution in [0.1, 0.15) is 43.6 Å². The fourth-order valence-corrected chi connectivity index (χ4v) is 3.74. The predicted octanol–water partition coefficient (Wildman–Crippen LogP) is 4.25. The Bertz CT molecular complexity index is 503. The van der Waals surface area contributed by atoms with Gasteiger partial charge in [-0.1, -0.05) is 29.3 Å². The zero-order valence-electron chi connectivity index (χ0n) is 10.7. The number of hydrogen-bond acceptors (Lipinski definition) is 1.